The summed E-state index contributed by atoms with van der Waals surface area (Å²) in [4.78, 5) is 24.3. The zero-order valence-corrected chi connectivity index (χ0v) is 15.4. The molecule has 3 N–H and O–H groups in total. The van der Waals surface area contributed by atoms with Crippen molar-refractivity contribution in [1.82, 2.24) is 5.32 Å². The topological polar surface area (TPSA) is 99.9 Å². The van der Waals surface area contributed by atoms with Gasteiger partial charge in [-0.2, -0.15) is 0 Å². The number of carbonyl (C=O) groups excluding carboxylic acids is 2. The molecular formula is C19H28N2O5. The minimum atomic E-state index is -0.493. The maximum Gasteiger partial charge on any atom is 0.310 e. The highest BCUT2D eigenvalue weighted by Crippen LogP contribution is 2.19. The lowest BCUT2D eigenvalue weighted by atomic mass is 9.99. The van der Waals surface area contributed by atoms with E-state index in [1.807, 2.05) is 31.2 Å². The molecule has 7 heteroatoms. The van der Waals surface area contributed by atoms with Crippen LogP contribution in [0.25, 0.3) is 0 Å². The Labute approximate surface area is 154 Å². The summed E-state index contributed by atoms with van der Waals surface area (Å²) in [5, 5.41) is 2.81. The van der Waals surface area contributed by atoms with Gasteiger partial charge in [0, 0.05) is 13.1 Å². The van der Waals surface area contributed by atoms with Crippen LogP contribution in [0.3, 0.4) is 0 Å². The second-order valence-corrected chi connectivity index (χ2v) is 6.31. The van der Waals surface area contributed by atoms with Crippen molar-refractivity contribution in [3.05, 3.63) is 29.8 Å². The molecule has 7 nitrogen and oxygen atoms in total. The second kappa shape index (κ2) is 10.1. The molecule has 0 saturated carbocycles. The van der Waals surface area contributed by atoms with Gasteiger partial charge in [0.2, 0.25) is 5.91 Å². The van der Waals surface area contributed by atoms with E-state index in [0.717, 1.165) is 17.7 Å². The molecule has 26 heavy (non-hydrogen) atoms. The Balaban J connectivity index is 1.90. The molecule has 0 radical (unpaired) electrons. The van der Waals surface area contributed by atoms with Crippen LogP contribution in [0.5, 0.6) is 5.75 Å². The van der Waals surface area contributed by atoms with Crippen molar-refractivity contribution in [2.45, 2.75) is 38.4 Å². The molecule has 1 aliphatic rings. The predicted octanol–water partition coefficient (Wildman–Crippen LogP) is 1.04. The van der Waals surface area contributed by atoms with Crippen LogP contribution in [0.2, 0.25) is 0 Å². The van der Waals surface area contributed by atoms with Crippen LogP contribution in [0.4, 0.5) is 0 Å². The highest BCUT2D eigenvalue weighted by Gasteiger charge is 2.30. The van der Waals surface area contributed by atoms with Crippen molar-refractivity contribution < 1.29 is 23.8 Å². The van der Waals surface area contributed by atoms with Crippen molar-refractivity contribution >= 4 is 11.9 Å². The summed E-state index contributed by atoms with van der Waals surface area (Å²) in [6, 6.07) is 7.56. The van der Waals surface area contributed by atoms with Crippen LogP contribution in [0, 0.1) is 5.92 Å². The van der Waals surface area contributed by atoms with Crippen molar-refractivity contribution in [3.8, 4) is 5.75 Å². The van der Waals surface area contributed by atoms with Crippen LogP contribution >= 0.6 is 0 Å². The lowest BCUT2D eigenvalue weighted by molar-refractivity contribution is -0.145. The van der Waals surface area contributed by atoms with Gasteiger partial charge in [-0.15, -0.1) is 0 Å². The zero-order chi connectivity index (χ0) is 18.9. The molecule has 0 aliphatic carbocycles. The minimum absolute atomic E-state index is 0.0639. The van der Waals surface area contributed by atoms with Gasteiger partial charge < -0.3 is 25.3 Å². The van der Waals surface area contributed by atoms with E-state index in [-0.39, 0.29) is 24.5 Å². The fourth-order valence-electron chi connectivity index (χ4n) is 2.99. The third kappa shape index (κ3) is 5.71. The summed E-state index contributed by atoms with van der Waals surface area (Å²) in [6.45, 7) is 3.14. The molecule has 1 aromatic carbocycles. The van der Waals surface area contributed by atoms with Gasteiger partial charge in [0.15, 0.2) is 0 Å². The molecule has 1 saturated heterocycles. The van der Waals surface area contributed by atoms with Crippen molar-refractivity contribution in [2.75, 3.05) is 26.8 Å². The number of hydrogen-bond acceptors (Lipinski definition) is 6. The average Bonchev–Trinajstić information content (AvgIpc) is 3.15. The number of amides is 1. The van der Waals surface area contributed by atoms with E-state index in [1.165, 1.54) is 7.11 Å². The number of methoxy groups -OCH3 is 1. The molecule has 1 heterocycles. The largest absolute Gasteiger partial charge is 0.494 e. The Bertz CT molecular complexity index is 590. The molecule has 1 fully saturated rings. The smallest absolute Gasteiger partial charge is 0.310 e. The minimum Gasteiger partial charge on any atom is -0.494 e. The molecule has 1 aromatic rings. The number of hydrogen-bond donors (Lipinski definition) is 2. The molecular weight excluding hydrogens is 336 g/mol. The van der Waals surface area contributed by atoms with E-state index >= 15 is 0 Å². The third-order valence-corrected chi connectivity index (χ3v) is 4.44. The molecule has 2 rings (SSSR count). The van der Waals surface area contributed by atoms with Gasteiger partial charge in [0.25, 0.3) is 0 Å². The molecule has 0 aromatic heterocycles. The van der Waals surface area contributed by atoms with E-state index in [9.17, 15) is 9.59 Å². The van der Waals surface area contributed by atoms with Crippen LogP contribution in [-0.4, -0.2) is 50.9 Å². The normalized spacial score (nSPS) is 20.4. The number of carbonyl (C=O) groups is 2. The number of nitrogens with two attached hydrogens (primary N) is 1. The SMILES string of the molecule is CCOc1ccc(CC(CNC(=O)[C@@H]2CC[C@H](CN)O2)C(=O)OC)cc1. The number of esters is 1. The molecule has 1 aliphatic heterocycles. The number of rotatable bonds is 9. The first-order valence-electron chi connectivity index (χ1n) is 9.00. The summed E-state index contributed by atoms with van der Waals surface area (Å²) >= 11 is 0. The molecule has 1 unspecified atom stereocenters. The Morgan fingerprint density at radius 3 is 2.62 bits per heavy atom. The quantitative estimate of drug-likeness (QED) is 0.635. The van der Waals surface area contributed by atoms with Crippen LogP contribution in [-0.2, 0) is 25.5 Å². The first-order valence-corrected chi connectivity index (χ1v) is 9.00. The molecule has 144 valence electrons. The van der Waals surface area contributed by atoms with Crippen LogP contribution < -0.4 is 15.8 Å². The van der Waals surface area contributed by atoms with Crippen LogP contribution in [0.1, 0.15) is 25.3 Å². The van der Waals surface area contributed by atoms with Gasteiger partial charge >= 0.3 is 5.97 Å². The first kappa shape index (κ1) is 20.2. The highest BCUT2D eigenvalue weighted by atomic mass is 16.5. The molecule has 0 spiro atoms. The third-order valence-electron chi connectivity index (χ3n) is 4.44. The van der Waals surface area contributed by atoms with Crippen LogP contribution in [0.15, 0.2) is 24.3 Å². The Morgan fingerprint density at radius 2 is 2.04 bits per heavy atom. The molecule has 0 bridgehead atoms. The fourth-order valence-corrected chi connectivity index (χ4v) is 2.99. The van der Waals surface area contributed by atoms with Crippen molar-refractivity contribution in [2.24, 2.45) is 11.7 Å². The average molecular weight is 364 g/mol. The van der Waals surface area contributed by atoms with E-state index in [1.54, 1.807) is 0 Å². The van der Waals surface area contributed by atoms with E-state index in [0.29, 0.717) is 26.0 Å². The fraction of sp³-hybridized carbons (Fsp3) is 0.579. The van der Waals surface area contributed by atoms with Gasteiger partial charge in [0.05, 0.1) is 25.7 Å². The maximum absolute atomic E-state index is 12.2. The molecule has 3 atom stereocenters. The van der Waals surface area contributed by atoms with Gasteiger partial charge in [-0.25, -0.2) is 0 Å². The van der Waals surface area contributed by atoms with Gasteiger partial charge in [0.1, 0.15) is 11.9 Å². The Morgan fingerprint density at radius 1 is 1.31 bits per heavy atom. The summed E-state index contributed by atoms with van der Waals surface area (Å²) in [5.74, 6) is -0.242. The zero-order valence-electron chi connectivity index (χ0n) is 15.4. The van der Waals surface area contributed by atoms with Crippen molar-refractivity contribution in [1.29, 1.82) is 0 Å². The highest BCUT2D eigenvalue weighted by molar-refractivity contribution is 5.82. The Kier molecular flexibility index (Phi) is 7.87. The number of benzene rings is 1. The summed E-state index contributed by atoms with van der Waals surface area (Å²) < 4.78 is 15.9. The first-order chi connectivity index (χ1) is 12.6. The molecule has 1 amide bonds. The lowest BCUT2D eigenvalue weighted by Gasteiger charge is -2.18. The van der Waals surface area contributed by atoms with Gasteiger partial charge in [-0.1, -0.05) is 12.1 Å². The number of ether oxygens (including phenoxy) is 3. The van der Waals surface area contributed by atoms with E-state index in [4.69, 9.17) is 19.9 Å². The summed E-state index contributed by atoms with van der Waals surface area (Å²) in [5.41, 5.74) is 6.54. The number of nitrogens with one attached hydrogen (secondary N) is 1. The van der Waals surface area contributed by atoms with Gasteiger partial charge in [-0.05, 0) is 43.9 Å². The van der Waals surface area contributed by atoms with Gasteiger partial charge in [-0.3, -0.25) is 9.59 Å². The van der Waals surface area contributed by atoms with E-state index < -0.39 is 12.0 Å². The lowest BCUT2D eigenvalue weighted by Crippen LogP contribution is -2.40. The standard InChI is InChI=1S/C19H28N2O5/c1-3-25-15-6-4-13(5-7-15)10-14(19(23)24-2)12-21-18(22)17-9-8-16(11-20)26-17/h4-7,14,16-17H,3,8-12,20H2,1-2H3,(H,21,22)/t14?,16-,17+/m1/s1. The van der Waals surface area contributed by atoms with E-state index in [2.05, 4.69) is 5.32 Å². The summed E-state index contributed by atoms with van der Waals surface area (Å²) in [7, 11) is 1.35. The second-order valence-electron chi connectivity index (χ2n) is 6.31. The summed E-state index contributed by atoms with van der Waals surface area (Å²) in [6.07, 6.45) is 1.34. The monoisotopic (exact) mass is 364 g/mol. The predicted molar refractivity (Wildman–Crippen MR) is 96.8 cm³/mol. The Hall–Kier alpha value is -2.12. The van der Waals surface area contributed by atoms with Crippen molar-refractivity contribution in [3.63, 3.8) is 0 Å². The maximum atomic E-state index is 12.2.